The summed E-state index contributed by atoms with van der Waals surface area (Å²) in [5.41, 5.74) is -0.216. The summed E-state index contributed by atoms with van der Waals surface area (Å²) < 4.78 is 0. The average molecular weight is 195 g/mol. The molecule has 80 valence electrons. The van der Waals surface area contributed by atoms with Gasteiger partial charge in [0, 0.05) is 18.5 Å². The van der Waals surface area contributed by atoms with Crippen LogP contribution < -0.4 is 0 Å². The predicted octanol–water partition coefficient (Wildman–Crippen LogP) is 2.60. The molecular weight excluding hydrogens is 174 g/mol. The molecule has 1 unspecified atom stereocenters. The Morgan fingerprint density at radius 1 is 1.50 bits per heavy atom. The fourth-order valence-corrected chi connectivity index (χ4v) is 2.00. The Hall–Kier alpha value is -0.790. The minimum absolute atomic E-state index is 0.216. The first-order valence-electron chi connectivity index (χ1n) is 5.54. The molecule has 1 aliphatic heterocycles. The van der Waals surface area contributed by atoms with Gasteiger partial charge in [0.2, 0.25) is 5.91 Å². The van der Waals surface area contributed by atoms with Crippen LogP contribution >= 0.6 is 0 Å². The second-order valence-corrected chi connectivity index (χ2v) is 4.41. The van der Waals surface area contributed by atoms with Gasteiger partial charge in [0.15, 0.2) is 0 Å². The zero-order valence-electron chi connectivity index (χ0n) is 9.38. The van der Waals surface area contributed by atoms with Gasteiger partial charge in [0.25, 0.3) is 0 Å². The third kappa shape index (κ3) is 2.17. The number of nitrogens with zero attached hydrogens (tertiary/aromatic N) is 1. The molecule has 0 aromatic rings. The number of hydrogen-bond acceptors (Lipinski definition) is 1. The van der Waals surface area contributed by atoms with Crippen molar-refractivity contribution >= 4 is 5.91 Å². The van der Waals surface area contributed by atoms with Gasteiger partial charge in [0.1, 0.15) is 0 Å². The Labute approximate surface area is 87.0 Å². The Morgan fingerprint density at radius 3 is 2.50 bits per heavy atom. The van der Waals surface area contributed by atoms with E-state index in [0.717, 1.165) is 25.9 Å². The van der Waals surface area contributed by atoms with Crippen LogP contribution in [0, 0.1) is 5.41 Å². The monoisotopic (exact) mass is 195 g/mol. The van der Waals surface area contributed by atoms with Gasteiger partial charge in [-0.15, -0.1) is 6.58 Å². The highest BCUT2D eigenvalue weighted by molar-refractivity contribution is 5.82. The lowest BCUT2D eigenvalue weighted by molar-refractivity contribution is -0.140. The maximum Gasteiger partial charge on any atom is 0.228 e. The van der Waals surface area contributed by atoms with Crippen LogP contribution in [-0.2, 0) is 4.79 Å². The van der Waals surface area contributed by atoms with Crippen LogP contribution in [-0.4, -0.2) is 23.9 Å². The Bertz CT molecular complexity index is 218. The van der Waals surface area contributed by atoms with Crippen molar-refractivity contribution in [3.8, 4) is 0 Å². The molecule has 2 heteroatoms. The van der Waals surface area contributed by atoms with E-state index in [1.807, 2.05) is 11.0 Å². The minimum atomic E-state index is -0.216. The summed E-state index contributed by atoms with van der Waals surface area (Å²) in [6, 6.07) is 0. The Balaban J connectivity index is 2.67. The quantitative estimate of drug-likeness (QED) is 0.631. The fraction of sp³-hybridized carbons (Fsp3) is 0.750. The standard InChI is InChI=1S/C12H21NO/c1-4-8-12(3,5-2)11(14)13-9-6-7-10-13/h4H,1,5-10H2,2-3H3. The van der Waals surface area contributed by atoms with Gasteiger partial charge in [-0.25, -0.2) is 0 Å². The molecule has 0 aliphatic carbocycles. The Morgan fingerprint density at radius 2 is 2.07 bits per heavy atom. The topological polar surface area (TPSA) is 20.3 Å². The van der Waals surface area contributed by atoms with Crippen LogP contribution in [0.3, 0.4) is 0 Å². The van der Waals surface area contributed by atoms with Gasteiger partial charge in [-0.3, -0.25) is 4.79 Å². The van der Waals surface area contributed by atoms with Crippen molar-refractivity contribution in [3.63, 3.8) is 0 Å². The number of allylic oxidation sites excluding steroid dienone is 1. The van der Waals surface area contributed by atoms with E-state index in [1.165, 1.54) is 12.8 Å². The third-order valence-corrected chi connectivity index (χ3v) is 3.28. The van der Waals surface area contributed by atoms with Crippen molar-refractivity contribution < 1.29 is 4.79 Å². The lowest BCUT2D eigenvalue weighted by Crippen LogP contribution is -2.40. The van der Waals surface area contributed by atoms with Gasteiger partial charge >= 0.3 is 0 Å². The van der Waals surface area contributed by atoms with Gasteiger partial charge in [0.05, 0.1) is 0 Å². The fourth-order valence-electron chi connectivity index (χ4n) is 2.00. The summed E-state index contributed by atoms with van der Waals surface area (Å²) in [6.45, 7) is 9.76. The van der Waals surface area contributed by atoms with E-state index >= 15 is 0 Å². The molecule has 1 fully saturated rings. The summed E-state index contributed by atoms with van der Waals surface area (Å²) in [5.74, 6) is 0.317. The summed E-state index contributed by atoms with van der Waals surface area (Å²) in [6.07, 6.45) is 5.88. The highest BCUT2D eigenvalue weighted by Crippen LogP contribution is 2.30. The summed E-state index contributed by atoms with van der Waals surface area (Å²) in [5, 5.41) is 0. The summed E-state index contributed by atoms with van der Waals surface area (Å²) in [4.78, 5) is 14.2. The lowest BCUT2D eigenvalue weighted by Gasteiger charge is -2.30. The van der Waals surface area contributed by atoms with Crippen LogP contribution in [0.2, 0.25) is 0 Å². The SMILES string of the molecule is C=CCC(C)(CC)C(=O)N1CCCC1. The van der Waals surface area contributed by atoms with E-state index in [0.29, 0.717) is 5.91 Å². The van der Waals surface area contributed by atoms with E-state index in [9.17, 15) is 4.79 Å². The maximum atomic E-state index is 12.2. The maximum absolute atomic E-state index is 12.2. The van der Waals surface area contributed by atoms with Crippen molar-refractivity contribution in [2.45, 2.75) is 39.5 Å². The molecule has 0 bridgehead atoms. The van der Waals surface area contributed by atoms with Gasteiger partial charge in [-0.05, 0) is 25.7 Å². The molecule has 0 aromatic carbocycles. The zero-order chi connectivity index (χ0) is 10.6. The molecule has 1 heterocycles. The van der Waals surface area contributed by atoms with Gasteiger partial charge in [-0.2, -0.15) is 0 Å². The smallest absolute Gasteiger partial charge is 0.228 e. The minimum Gasteiger partial charge on any atom is -0.342 e. The van der Waals surface area contributed by atoms with Crippen molar-refractivity contribution in [2.24, 2.45) is 5.41 Å². The van der Waals surface area contributed by atoms with Crippen molar-refractivity contribution in [1.82, 2.24) is 4.90 Å². The van der Waals surface area contributed by atoms with Gasteiger partial charge in [-0.1, -0.05) is 19.9 Å². The number of carbonyl (C=O) groups is 1. The predicted molar refractivity (Wildman–Crippen MR) is 59.0 cm³/mol. The van der Waals surface area contributed by atoms with E-state index in [-0.39, 0.29) is 5.41 Å². The number of hydrogen-bond donors (Lipinski definition) is 0. The van der Waals surface area contributed by atoms with Crippen LogP contribution in [0.25, 0.3) is 0 Å². The highest BCUT2D eigenvalue weighted by atomic mass is 16.2. The molecule has 0 aromatic heterocycles. The molecule has 0 spiro atoms. The molecule has 1 rings (SSSR count). The van der Waals surface area contributed by atoms with E-state index in [4.69, 9.17) is 0 Å². The number of amides is 1. The van der Waals surface area contributed by atoms with Crippen molar-refractivity contribution in [2.75, 3.05) is 13.1 Å². The van der Waals surface area contributed by atoms with E-state index in [1.54, 1.807) is 0 Å². The average Bonchev–Trinajstić information content (AvgIpc) is 2.69. The normalized spacial score (nSPS) is 20.6. The van der Waals surface area contributed by atoms with Gasteiger partial charge < -0.3 is 4.90 Å². The Kier molecular flexibility index (Phi) is 3.73. The molecule has 0 saturated carbocycles. The van der Waals surface area contributed by atoms with E-state index < -0.39 is 0 Å². The first-order valence-corrected chi connectivity index (χ1v) is 5.54. The van der Waals surface area contributed by atoms with Crippen LogP contribution in [0.5, 0.6) is 0 Å². The third-order valence-electron chi connectivity index (χ3n) is 3.28. The molecule has 2 nitrogen and oxygen atoms in total. The molecule has 0 N–H and O–H groups in total. The van der Waals surface area contributed by atoms with Crippen molar-refractivity contribution in [3.05, 3.63) is 12.7 Å². The number of likely N-dealkylation sites (tertiary alicyclic amines) is 1. The molecule has 1 saturated heterocycles. The van der Waals surface area contributed by atoms with Crippen LogP contribution in [0.1, 0.15) is 39.5 Å². The lowest BCUT2D eigenvalue weighted by atomic mass is 9.82. The first kappa shape index (κ1) is 11.3. The second kappa shape index (κ2) is 4.63. The molecule has 1 aliphatic rings. The molecule has 14 heavy (non-hydrogen) atoms. The number of carbonyl (C=O) groups excluding carboxylic acids is 1. The molecule has 0 radical (unpaired) electrons. The molecule has 1 atom stereocenters. The van der Waals surface area contributed by atoms with E-state index in [2.05, 4.69) is 20.4 Å². The van der Waals surface area contributed by atoms with Crippen LogP contribution in [0.4, 0.5) is 0 Å². The first-order chi connectivity index (χ1) is 6.64. The molecular formula is C12H21NO. The largest absolute Gasteiger partial charge is 0.342 e. The summed E-state index contributed by atoms with van der Waals surface area (Å²) in [7, 11) is 0. The number of rotatable bonds is 4. The second-order valence-electron chi connectivity index (χ2n) is 4.41. The zero-order valence-corrected chi connectivity index (χ0v) is 9.38. The van der Waals surface area contributed by atoms with Crippen LogP contribution in [0.15, 0.2) is 12.7 Å². The van der Waals surface area contributed by atoms with Crippen molar-refractivity contribution in [1.29, 1.82) is 0 Å². The molecule has 1 amide bonds. The highest BCUT2D eigenvalue weighted by Gasteiger charge is 2.34. The summed E-state index contributed by atoms with van der Waals surface area (Å²) >= 11 is 0.